The van der Waals surface area contributed by atoms with Gasteiger partial charge in [0.15, 0.2) is 6.29 Å². The molecule has 2 aromatic rings. The van der Waals surface area contributed by atoms with Crippen molar-refractivity contribution in [2.24, 2.45) is 0 Å². The van der Waals surface area contributed by atoms with Gasteiger partial charge < -0.3 is 0 Å². The molecule has 0 aliphatic heterocycles. The summed E-state index contributed by atoms with van der Waals surface area (Å²) >= 11 is 0. The van der Waals surface area contributed by atoms with Crippen LogP contribution in [0.25, 0.3) is 10.8 Å². The van der Waals surface area contributed by atoms with Crippen LogP contribution in [0.3, 0.4) is 0 Å². The fraction of sp³-hybridized carbons (Fsp3) is 0.0909. The third-order valence-corrected chi connectivity index (χ3v) is 2.24. The first kappa shape index (κ1) is 10.6. The van der Waals surface area contributed by atoms with E-state index in [1.807, 2.05) is 0 Å². The molecule has 0 saturated heterocycles. The fourth-order valence-corrected chi connectivity index (χ4v) is 1.47. The Morgan fingerprint density at radius 1 is 1.19 bits per heavy atom. The zero-order chi connectivity index (χ0) is 11.8. The van der Waals surface area contributed by atoms with Crippen molar-refractivity contribution in [2.45, 2.75) is 6.18 Å². The Labute approximate surface area is 88.7 Å². The van der Waals surface area contributed by atoms with Crippen molar-refractivity contribution >= 4 is 17.1 Å². The van der Waals surface area contributed by atoms with E-state index in [2.05, 4.69) is 4.98 Å². The summed E-state index contributed by atoms with van der Waals surface area (Å²) in [6.07, 6.45) is -1.19. The van der Waals surface area contributed by atoms with Crippen molar-refractivity contribution in [2.75, 3.05) is 0 Å². The second kappa shape index (κ2) is 3.59. The third kappa shape index (κ3) is 1.76. The van der Waals surface area contributed by atoms with Crippen molar-refractivity contribution in [1.29, 1.82) is 0 Å². The highest BCUT2D eigenvalue weighted by Crippen LogP contribution is 2.31. The Balaban J connectivity index is 2.69. The molecule has 0 atom stereocenters. The maximum absolute atomic E-state index is 12.4. The van der Waals surface area contributed by atoms with Crippen molar-refractivity contribution in [1.82, 2.24) is 4.98 Å². The second-order valence-corrected chi connectivity index (χ2v) is 3.28. The zero-order valence-electron chi connectivity index (χ0n) is 7.95. The first-order chi connectivity index (χ1) is 7.52. The van der Waals surface area contributed by atoms with Crippen LogP contribution in [0.1, 0.15) is 15.9 Å². The number of pyridine rings is 1. The lowest BCUT2D eigenvalue weighted by molar-refractivity contribution is -0.137. The van der Waals surface area contributed by atoms with E-state index in [0.29, 0.717) is 17.1 Å². The molecule has 0 spiro atoms. The Bertz CT molecular complexity index is 548. The van der Waals surface area contributed by atoms with E-state index in [1.54, 1.807) is 0 Å². The fourth-order valence-electron chi connectivity index (χ4n) is 1.47. The van der Waals surface area contributed by atoms with Crippen molar-refractivity contribution < 1.29 is 18.0 Å². The Kier molecular flexibility index (Phi) is 2.38. The largest absolute Gasteiger partial charge is 0.416 e. The van der Waals surface area contributed by atoms with Gasteiger partial charge in [0.25, 0.3) is 0 Å². The minimum atomic E-state index is -4.38. The van der Waals surface area contributed by atoms with Crippen LogP contribution < -0.4 is 0 Å². The van der Waals surface area contributed by atoms with E-state index < -0.39 is 11.7 Å². The van der Waals surface area contributed by atoms with Gasteiger partial charge in [0, 0.05) is 23.3 Å². The minimum Gasteiger partial charge on any atom is -0.298 e. The highest BCUT2D eigenvalue weighted by atomic mass is 19.4. The van der Waals surface area contributed by atoms with E-state index in [4.69, 9.17) is 0 Å². The van der Waals surface area contributed by atoms with Crippen LogP contribution in [0.5, 0.6) is 0 Å². The SMILES string of the molecule is O=Cc1cncc2cc(C(F)(F)F)ccc12. The number of benzene rings is 1. The van der Waals surface area contributed by atoms with Gasteiger partial charge in [-0.3, -0.25) is 9.78 Å². The molecule has 16 heavy (non-hydrogen) atoms. The average Bonchev–Trinajstić information content (AvgIpc) is 2.26. The second-order valence-electron chi connectivity index (χ2n) is 3.28. The highest BCUT2D eigenvalue weighted by molar-refractivity contribution is 5.97. The molecule has 1 heterocycles. The number of alkyl halides is 3. The molecule has 2 nitrogen and oxygen atoms in total. The first-order valence-electron chi connectivity index (χ1n) is 4.42. The lowest BCUT2D eigenvalue weighted by Crippen LogP contribution is -2.04. The van der Waals surface area contributed by atoms with Gasteiger partial charge in [0.1, 0.15) is 0 Å². The summed E-state index contributed by atoms with van der Waals surface area (Å²) in [5, 5.41) is 0.775. The topological polar surface area (TPSA) is 30.0 Å². The molecule has 1 aromatic heterocycles. The third-order valence-electron chi connectivity index (χ3n) is 2.24. The lowest BCUT2D eigenvalue weighted by atomic mass is 10.1. The monoisotopic (exact) mass is 225 g/mol. The molecule has 0 bridgehead atoms. The van der Waals surface area contributed by atoms with E-state index in [0.717, 1.165) is 12.1 Å². The number of nitrogens with zero attached hydrogens (tertiary/aromatic N) is 1. The minimum absolute atomic E-state index is 0.284. The van der Waals surface area contributed by atoms with Gasteiger partial charge in [-0.1, -0.05) is 6.07 Å². The highest BCUT2D eigenvalue weighted by Gasteiger charge is 2.30. The van der Waals surface area contributed by atoms with Crippen LogP contribution >= 0.6 is 0 Å². The molecule has 5 heteroatoms. The average molecular weight is 225 g/mol. The predicted octanol–water partition coefficient (Wildman–Crippen LogP) is 3.07. The van der Waals surface area contributed by atoms with Crippen molar-refractivity contribution in [3.05, 3.63) is 41.7 Å². The van der Waals surface area contributed by atoms with Gasteiger partial charge in [-0.2, -0.15) is 13.2 Å². The molecule has 0 saturated carbocycles. The van der Waals surface area contributed by atoms with Crippen LogP contribution in [0.15, 0.2) is 30.6 Å². The zero-order valence-corrected chi connectivity index (χ0v) is 7.95. The predicted molar refractivity (Wildman–Crippen MR) is 52.1 cm³/mol. The van der Waals surface area contributed by atoms with Gasteiger partial charge in [0.05, 0.1) is 5.56 Å². The van der Waals surface area contributed by atoms with Gasteiger partial charge in [-0.15, -0.1) is 0 Å². The number of aromatic nitrogens is 1. The normalized spacial score (nSPS) is 11.7. The number of rotatable bonds is 1. The van der Waals surface area contributed by atoms with Gasteiger partial charge in [-0.25, -0.2) is 0 Å². The van der Waals surface area contributed by atoms with E-state index in [-0.39, 0.29) is 5.56 Å². The summed E-state index contributed by atoms with van der Waals surface area (Å²) < 4.78 is 37.2. The summed E-state index contributed by atoms with van der Waals surface area (Å²) in [6.45, 7) is 0. The van der Waals surface area contributed by atoms with Crippen LogP contribution in [-0.2, 0) is 6.18 Å². The maximum atomic E-state index is 12.4. The van der Waals surface area contributed by atoms with E-state index in [9.17, 15) is 18.0 Å². The van der Waals surface area contributed by atoms with E-state index >= 15 is 0 Å². The molecule has 0 amide bonds. The molecule has 0 fully saturated rings. The first-order valence-corrected chi connectivity index (χ1v) is 4.42. The number of fused-ring (bicyclic) bond motifs is 1. The van der Waals surface area contributed by atoms with Gasteiger partial charge in [0.2, 0.25) is 0 Å². The smallest absolute Gasteiger partial charge is 0.298 e. The number of carbonyl (C=O) groups excluding carboxylic acids is 1. The quantitative estimate of drug-likeness (QED) is 0.698. The van der Waals surface area contributed by atoms with Crippen LogP contribution in [-0.4, -0.2) is 11.3 Å². The molecule has 0 radical (unpaired) electrons. The molecular weight excluding hydrogens is 219 g/mol. The number of aldehydes is 1. The molecule has 0 aliphatic rings. The molecular formula is C11H6F3NO. The summed E-state index contributed by atoms with van der Waals surface area (Å²) in [5.74, 6) is 0. The van der Waals surface area contributed by atoms with Crippen LogP contribution in [0, 0.1) is 0 Å². The number of carbonyl (C=O) groups is 1. The molecule has 0 aliphatic carbocycles. The molecule has 1 aromatic carbocycles. The van der Waals surface area contributed by atoms with Crippen LogP contribution in [0.4, 0.5) is 13.2 Å². The molecule has 0 N–H and O–H groups in total. The van der Waals surface area contributed by atoms with Gasteiger partial charge in [-0.05, 0) is 17.5 Å². The summed E-state index contributed by atoms with van der Waals surface area (Å²) in [7, 11) is 0. The maximum Gasteiger partial charge on any atom is 0.416 e. The lowest BCUT2D eigenvalue weighted by Gasteiger charge is -2.07. The van der Waals surface area contributed by atoms with Crippen LogP contribution in [0.2, 0.25) is 0 Å². The number of hydrogen-bond donors (Lipinski definition) is 0. The van der Waals surface area contributed by atoms with Crippen molar-refractivity contribution in [3.8, 4) is 0 Å². The Morgan fingerprint density at radius 2 is 1.94 bits per heavy atom. The summed E-state index contributed by atoms with van der Waals surface area (Å²) in [5.41, 5.74) is -0.462. The Hall–Kier alpha value is -1.91. The van der Waals surface area contributed by atoms with Gasteiger partial charge >= 0.3 is 6.18 Å². The standard InChI is InChI=1S/C11H6F3NO/c12-11(13,14)9-1-2-10-7(3-9)4-15-5-8(10)6-16/h1-6H. The Morgan fingerprint density at radius 3 is 2.56 bits per heavy atom. The summed E-state index contributed by atoms with van der Waals surface area (Å²) in [6, 6.07) is 3.22. The summed E-state index contributed by atoms with van der Waals surface area (Å²) in [4.78, 5) is 14.3. The molecule has 2 rings (SSSR count). The van der Waals surface area contributed by atoms with E-state index in [1.165, 1.54) is 18.5 Å². The molecule has 0 unspecified atom stereocenters. The van der Waals surface area contributed by atoms with Crippen molar-refractivity contribution in [3.63, 3.8) is 0 Å². The molecule has 82 valence electrons. The number of halogens is 3. The number of hydrogen-bond acceptors (Lipinski definition) is 2.